The average Bonchev–Trinajstić information content (AvgIpc) is 2.88. The van der Waals surface area contributed by atoms with Gasteiger partial charge in [-0.2, -0.15) is 0 Å². The molecule has 2 aromatic rings. The summed E-state index contributed by atoms with van der Waals surface area (Å²) in [5.41, 5.74) is 2.10. The van der Waals surface area contributed by atoms with Gasteiger partial charge in [0, 0.05) is 22.1 Å². The van der Waals surface area contributed by atoms with E-state index in [-0.39, 0.29) is 5.41 Å². The third-order valence-electron chi connectivity index (χ3n) is 4.16. The number of thiocarbonyl (C=S) groups is 1. The molecule has 0 radical (unpaired) electrons. The van der Waals surface area contributed by atoms with E-state index in [1.807, 2.05) is 12.1 Å². The topological polar surface area (TPSA) is 26.5 Å². The fraction of sp³-hybridized carbons (Fsp3) is 0.500. The Morgan fingerprint density at radius 1 is 1.35 bits per heavy atom. The lowest BCUT2D eigenvalue weighted by Gasteiger charge is -2.17. The van der Waals surface area contributed by atoms with Crippen LogP contribution in [0.25, 0.3) is 0 Å². The van der Waals surface area contributed by atoms with Crippen LogP contribution in [0.4, 0.5) is 0 Å². The van der Waals surface area contributed by atoms with E-state index in [0.717, 1.165) is 29.8 Å². The van der Waals surface area contributed by atoms with Crippen molar-refractivity contribution in [3.8, 4) is 5.75 Å². The van der Waals surface area contributed by atoms with Gasteiger partial charge in [-0.3, -0.25) is 0 Å². The number of hydrogen-bond acceptors (Lipinski definition) is 3. The second-order valence-electron chi connectivity index (χ2n) is 7.32. The van der Waals surface area contributed by atoms with E-state index >= 15 is 0 Å². The molecule has 6 heteroatoms. The molecule has 0 saturated carbocycles. The first-order chi connectivity index (χ1) is 12.2. The van der Waals surface area contributed by atoms with Gasteiger partial charge in [-0.15, -0.1) is 11.3 Å². The summed E-state index contributed by atoms with van der Waals surface area (Å²) in [5, 5.41) is 0.620. The van der Waals surface area contributed by atoms with Crippen LogP contribution >= 0.6 is 35.2 Å². The molecule has 142 valence electrons. The second-order valence-corrected chi connectivity index (χ2v) is 9.12. The fourth-order valence-electron chi connectivity index (χ4n) is 2.84. The predicted molar refractivity (Wildman–Crippen MR) is 116 cm³/mol. The third-order valence-corrected chi connectivity index (χ3v) is 6.32. The fourth-order valence-corrected chi connectivity index (χ4v) is 4.54. The maximum Gasteiger partial charge on any atom is 0.191 e. The number of thiazole rings is 1. The Morgan fingerprint density at radius 2 is 2.04 bits per heavy atom. The molecular formula is C20H27ClN2OS2. The Labute approximate surface area is 170 Å². The molecule has 3 nitrogen and oxygen atoms in total. The molecule has 26 heavy (non-hydrogen) atoms. The van der Waals surface area contributed by atoms with Gasteiger partial charge >= 0.3 is 0 Å². The first kappa shape index (κ1) is 21.1. The highest BCUT2D eigenvalue weighted by molar-refractivity contribution is 7.80. The standard InChI is InChI=1S/C20H27ClN2OS2/c1-7-8-11-23-13(2)17(20(3,4)5)26-19(23)22-18(25)15-12-14(21)9-10-16(15)24-6/h9-10,12H,7-8,11H2,1-6H3/b22-19-. The highest BCUT2D eigenvalue weighted by Crippen LogP contribution is 2.29. The lowest BCUT2D eigenvalue weighted by Crippen LogP contribution is -2.19. The normalized spacial score (nSPS) is 12.5. The number of halogens is 1. The zero-order valence-corrected chi connectivity index (χ0v) is 18.7. The van der Waals surface area contributed by atoms with Crippen molar-refractivity contribution in [3.05, 3.63) is 44.2 Å². The Bertz CT molecular complexity index is 860. The summed E-state index contributed by atoms with van der Waals surface area (Å²) in [7, 11) is 1.63. The van der Waals surface area contributed by atoms with E-state index in [0.29, 0.717) is 15.8 Å². The number of ether oxygens (including phenoxy) is 1. The number of aromatic nitrogens is 1. The molecule has 0 aliphatic carbocycles. The minimum atomic E-state index is 0.0752. The number of unbranched alkanes of at least 4 members (excludes halogenated alkanes) is 1. The van der Waals surface area contributed by atoms with E-state index in [2.05, 4.69) is 39.2 Å². The number of benzene rings is 1. The summed E-state index contributed by atoms with van der Waals surface area (Å²) in [5.74, 6) is 0.688. The van der Waals surface area contributed by atoms with Crippen molar-refractivity contribution in [3.63, 3.8) is 0 Å². The second kappa shape index (κ2) is 8.68. The zero-order chi connectivity index (χ0) is 19.5. The molecule has 0 fully saturated rings. The first-order valence-electron chi connectivity index (χ1n) is 8.82. The quantitative estimate of drug-likeness (QED) is 0.574. The van der Waals surface area contributed by atoms with Gasteiger partial charge in [0.15, 0.2) is 4.80 Å². The Morgan fingerprint density at radius 3 is 2.62 bits per heavy atom. The molecule has 1 aromatic heterocycles. The van der Waals surface area contributed by atoms with Crippen LogP contribution in [-0.4, -0.2) is 16.7 Å². The molecule has 1 aromatic carbocycles. The van der Waals surface area contributed by atoms with Crippen molar-refractivity contribution in [1.29, 1.82) is 0 Å². The largest absolute Gasteiger partial charge is 0.496 e. The maximum absolute atomic E-state index is 6.15. The van der Waals surface area contributed by atoms with Crippen LogP contribution in [0.15, 0.2) is 23.2 Å². The average molecular weight is 411 g/mol. The van der Waals surface area contributed by atoms with Crippen LogP contribution in [0, 0.1) is 6.92 Å². The van der Waals surface area contributed by atoms with Gasteiger partial charge < -0.3 is 9.30 Å². The summed E-state index contributed by atoms with van der Waals surface area (Å²) >= 11 is 13.5. The molecule has 0 amide bonds. The van der Waals surface area contributed by atoms with Crippen LogP contribution in [0.3, 0.4) is 0 Å². The van der Waals surface area contributed by atoms with Gasteiger partial charge in [0.05, 0.1) is 12.7 Å². The van der Waals surface area contributed by atoms with Crippen molar-refractivity contribution in [2.75, 3.05) is 7.11 Å². The van der Waals surface area contributed by atoms with E-state index < -0.39 is 0 Å². The van der Waals surface area contributed by atoms with Crippen molar-refractivity contribution in [2.45, 2.75) is 59.4 Å². The smallest absolute Gasteiger partial charge is 0.191 e. The third kappa shape index (κ3) is 4.76. The van der Waals surface area contributed by atoms with Gasteiger partial charge in [0.25, 0.3) is 0 Å². The molecule has 0 spiro atoms. The van der Waals surface area contributed by atoms with Crippen LogP contribution < -0.4 is 9.54 Å². The van der Waals surface area contributed by atoms with E-state index in [1.54, 1.807) is 24.5 Å². The van der Waals surface area contributed by atoms with Gasteiger partial charge in [-0.05, 0) is 37.0 Å². The lowest BCUT2D eigenvalue weighted by atomic mass is 9.93. The van der Waals surface area contributed by atoms with Crippen molar-refractivity contribution in [2.24, 2.45) is 4.99 Å². The predicted octanol–water partition coefficient (Wildman–Crippen LogP) is 5.89. The van der Waals surface area contributed by atoms with Crippen LogP contribution in [0.5, 0.6) is 5.75 Å². The van der Waals surface area contributed by atoms with Crippen LogP contribution in [-0.2, 0) is 12.0 Å². The zero-order valence-electron chi connectivity index (χ0n) is 16.4. The summed E-state index contributed by atoms with van der Waals surface area (Å²) in [4.78, 5) is 7.58. The van der Waals surface area contributed by atoms with E-state index in [9.17, 15) is 0 Å². The van der Waals surface area contributed by atoms with Gasteiger partial charge in [0.2, 0.25) is 0 Å². The number of nitrogens with zero attached hydrogens (tertiary/aromatic N) is 2. The summed E-state index contributed by atoms with van der Waals surface area (Å²) in [6.07, 6.45) is 2.25. The number of rotatable bonds is 5. The Hall–Kier alpha value is -1.17. The number of hydrogen-bond donors (Lipinski definition) is 0. The van der Waals surface area contributed by atoms with Crippen LogP contribution in [0.2, 0.25) is 5.02 Å². The van der Waals surface area contributed by atoms with Crippen LogP contribution in [0.1, 0.15) is 56.7 Å². The van der Waals surface area contributed by atoms with E-state index in [4.69, 9.17) is 33.5 Å². The molecule has 0 aliphatic heterocycles. The van der Waals surface area contributed by atoms with Crippen molar-refractivity contribution in [1.82, 2.24) is 4.57 Å². The molecule has 0 unspecified atom stereocenters. The monoisotopic (exact) mass is 410 g/mol. The number of methoxy groups -OCH3 is 1. The van der Waals surface area contributed by atoms with Gasteiger partial charge in [0.1, 0.15) is 10.7 Å². The molecule has 0 bridgehead atoms. The van der Waals surface area contributed by atoms with E-state index in [1.165, 1.54) is 10.6 Å². The highest BCUT2D eigenvalue weighted by atomic mass is 35.5. The van der Waals surface area contributed by atoms with Gasteiger partial charge in [-0.1, -0.05) is 57.9 Å². The maximum atomic E-state index is 6.15. The molecule has 0 aliphatic rings. The van der Waals surface area contributed by atoms with Crippen molar-refractivity contribution < 1.29 is 4.74 Å². The minimum absolute atomic E-state index is 0.0752. The molecule has 0 saturated heterocycles. The van der Waals surface area contributed by atoms with Gasteiger partial charge in [-0.25, -0.2) is 4.99 Å². The Kier molecular flexibility index (Phi) is 7.05. The molecule has 2 rings (SSSR count). The SMILES string of the molecule is CCCCn1c(C)c(C(C)(C)C)s/c1=N\C(=S)c1cc(Cl)ccc1OC. The lowest BCUT2D eigenvalue weighted by molar-refractivity contribution is 0.414. The summed E-state index contributed by atoms with van der Waals surface area (Å²) in [6.45, 7) is 12.0. The minimum Gasteiger partial charge on any atom is -0.496 e. The molecule has 0 atom stereocenters. The highest BCUT2D eigenvalue weighted by Gasteiger charge is 2.22. The molecular weight excluding hydrogens is 384 g/mol. The first-order valence-corrected chi connectivity index (χ1v) is 10.4. The molecule has 0 N–H and O–H groups in total. The summed E-state index contributed by atoms with van der Waals surface area (Å²) in [6, 6.07) is 5.43. The Balaban J connectivity index is 2.59. The van der Waals surface area contributed by atoms with Crippen molar-refractivity contribution >= 4 is 40.1 Å². The molecule has 1 heterocycles. The summed E-state index contributed by atoms with van der Waals surface area (Å²) < 4.78 is 7.72.